The Morgan fingerprint density at radius 3 is 2.68 bits per heavy atom. The first kappa shape index (κ1) is 15.9. The SMILES string of the molecule is C=C(C)CN(CC)C(=O)CNc1cccc(Cl)c1Cl. The van der Waals surface area contributed by atoms with E-state index in [0.717, 1.165) is 5.57 Å². The standard InChI is InChI=1S/C14H18Cl2N2O/c1-4-18(9-10(2)3)13(19)8-17-12-7-5-6-11(15)14(12)16/h5-7,17H,2,4,8-9H2,1,3H3. The van der Waals surface area contributed by atoms with Crippen LogP contribution in [0.1, 0.15) is 13.8 Å². The van der Waals surface area contributed by atoms with Gasteiger partial charge in [-0.25, -0.2) is 0 Å². The second kappa shape index (κ2) is 7.41. The van der Waals surface area contributed by atoms with E-state index in [1.165, 1.54) is 0 Å². The summed E-state index contributed by atoms with van der Waals surface area (Å²) in [7, 11) is 0. The second-order valence-electron chi connectivity index (χ2n) is 4.32. The van der Waals surface area contributed by atoms with E-state index in [1.807, 2.05) is 13.8 Å². The van der Waals surface area contributed by atoms with Gasteiger partial charge >= 0.3 is 0 Å². The minimum atomic E-state index is 0.00143. The van der Waals surface area contributed by atoms with E-state index in [4.69, 9.17) is 23.2 Å². The second-order valence-corrected chi connectivity index (χ2v) is 5.11. The van der Waals surface area contributed by atoms with Crippen LogP contribution >= 0.6 is 23.2 Å². The van der Waals surface area contributed by atoms with Crippen LogP contribution in [0, 0.1) is 0 Å². The molecule has 1 amide bonds. The molecule has 104 valence electrons. The molecule has 3 nitrogen and oxygen atoms in total. The number of amides is 1. The highest BCUT2D eigenvalue weighted by molar-refractivity contribution is 6.43. The van der Waals surface area contributed by atoms with Gasteiger partial charge in [0, 0.05) is 13.1 Å². The Bertz CT molecular complexity index is 475. The Morgan fingerprint density at radius 1 is 1.42 bits per heavy atom. The van der Waals surface area contributed by atoms with Crippen molar-refractivity contribution in [2.75, 3.05) is 25.0 Å². The molecule has 0 spiro atoms. The van der Waals surface area contributed by atoms with Crippen LogP contribution in [0.3, 0.4) is 0 Å². The van der Waals surface area contributed by atoms with Gasteiger partial charge in [0.2, 0.25) is 5.91 Å². The first-order valence-electron chi connectivity index (χ1n) is 6.05. The Hall–Kier alpha value is -1.19. The van der Waals surface area contributed by atoms with E-state index >= 15 is 0 Å². The van der Waals surface area contributed by atoms with E-state index in [1.54, 1.807) is 23.1 Å². The summed E-state index contributed by atoms with van der Waals surface area (Å²) in [5.74, 6) is 0.00143. The van der Waals surface area contributed by atoms with E-state index in [2.05, 4.69) is 11.9 Å². The summed E-state index contributed by atoms with van der Waals surface area (Å²) < 4.78 is 0. The van der Waals surface area contributed by atoms with Gasteiger partial charge in [0.25, 0.3) is 0 Å². The van der Waals surface area contributed by atoms with Crippen molar-refractivity contribution < 1.29 is 4.79 Å². The molecule has 5 heteroatoms. The number of halogens is 2. The van der Waals surface area contributed by atoms with Crippen LogP contribution in [0.5, 0.6) is 0 Å². The van der Waals surface area contributed by atoms with Gasteiger partial charge in [-0.2, -0.15) is 0 Å². The Kier molecular flexibility index (Phi) is 6.19. The molecule has 0 heterocycles. The van der Waals surface area contributed by atoms with Crippen LogP contribution in [0.15, 0.2) is 30.4 Å². The van der Waals surface area contributed by atoms with Gasteiger partial charge in [-0.15, -0.1) is 0 Å². The molecule has 0 fully saturated rings. The van der Waals surface area contributed by atoms with Crippen molar-refractivity contribution in [2.45, 2.75) is 13.8 Å². The molecule has 1 rings (SSSR count). The zero-order valence-electron chi connectivity index (χ0n) is 11.2. The summed E-state index contributed by atoms with van der Waals surface area (Å²) in [6, 6.07) is 5.28. The Balaban J connectivity index is 2.62. The number of hydrogen-bond donors (Lipinski definition) is 1. The first-order chi connectivity index (χ1) is 8.95. The molecule has 0 atom stereocenters. The minimum Gasteiger partial charge on any atom is -0.375 e. The molecule has 1 aromatic rings. The van der Waals surface area contributed by atoms with Crippen molar-refractivity contribution in [3.8, 4) is 0 Å². The largest absolute Gasteiger partial charge is 0.375 e. The van der Waals surface area contributed by atoms with Crippen LogP contribution in [-0.2, 0) is 4.79 Å². The molecule has 0 aliphatic heterocycles. The normalized spacial score (nSPS) is 10.1. The predicted octanol–water partition coefficient (Wildman–Crippen LogP) is 3.83. The van der Waals surface area contributed by atoms with E-state index in [9.17, 15) is 4.79 Å². The fourth-order valence-corrected chi connectivity index (χ4v) is 1.99. The molecule has 0 unspecified atom stereocenters. The summed E-state index contributed by atoms with van der Waals surface area (Å²) >= 11 is 11.9. The predicted molar refractivity (Wildman–Crippen MR) is 82.0 cm³/mol. The molecule has 1 aromatic carbocycles. The third-order valence-electron chi connectivity index (χ3n) is 2.58. The average molecular weight is 301 g/mol. The van der Waals surface area contributed by atoms with Crippen LogP contribution in [0.2, 0.25) is 10.0 Å². The van der Waals surface area contributed by atoms with Gasteiger partial charge in [-0.1, -0.05) is 41.4 Å². The summed E-state index contributed by atoms with van der Waals surface area (Å²) in [6.45, 7) is 9.06. The van der Waals surface area contributed by atoms with Crippen LogP contribution < -0.4 is 5.32 Å². The molecule has 0 saturated heterocycles. The topological polar surface area (TPSA) is 32.3 Å². The van der Waals surface area contributed by atoms with E-state index in [-0.39, 0.29) is 12.5 Å². The lowest BCUT2D eigenvalue weighted by atomic mass is 10.3. The lowest BCUT2D eigenvalue weighted by Crippen LogP contribution is -2.36. The highest BCUT2D eigenvalue weighted by Crippen LogP contribution is 2.29. The Labute approximate surface area is 124 Å². The fourth-order valence-electron chi connectivity index (χ4n) is 1.63. The van der Waals surface area contributed by atoms with Crippen molar-refractivity contribution >= 4 is 34.8 Å². The Morgan fingerprint density at radius 2 is 2.11 bits per heavy atom. The third kappa shape index (κ3) is 4.77. The minimum absolute atomic E-state index is 0.00143. The summed E-state index contributed by atoms with van der Waals surface area (Å²) in [5, 5.41) is 3.90. The highest BCUT2D eigenvalue weighted by atomic mass is 35.5. The smallest absolute Gasteiger partial charge is 0.242 e. The third-order valence-corrected chi connectivity index (χ3v) is 3.40. The van der Waals surface area contributed by atoms with Crippen LogP contribution in [-0.4, -0.2) is 30.4 Å². The molecule has 0 radical (unpaired) electrons. The van der Waals surface area contributed by atoms with Crippen LogP contribution in [0.4, 0.5) is 5.69 Å². The van der Waals surface area contributed by atoms with Gasteiger partial charge in [0.15, 0.2) is 0 Å². The van der Waals surface area contributed by atoms with Crippen LogP contribution in [0.25, 0.3) is 0 Å². The lowest BCUT2D eigenvalue weighted by molar-refractivity contribution is -0.128. The summed E-state index contributed by atoms with van der Waals surface area (Å²) in [4.78, 5) is 13.8. The number of likely N-dealkylation sites (N-methyl/N-ethyl adjacent to an activating group) is 1. The number of rotatable bonds is 6. The zero-order chi connectivity index (χ0) is 14.4. The molecule has 0 aromatic heterocycles. The number of nitrogens with one attached hydrogen (secondary N) is 1. The number of benzene rings is 1. The van der Waals surface area contributed by atoms with E-state index < -0.39 is 0 Å². The monoisotopic (exact) mass is 300 g/mol. The number of carbonyl (C=O) groups excluding carboxylic acids is 1. The van der Waals surface area contributed by atoms with Crippen molar-refractivity contribution in [1.29, 1.82) is 0 Å². The van der Waals surface area contributed by atoms with Crippen molar-refractivity contribution in [2.24, 2.45) is 0 Å². The fraction of sp³-hybridized carbons (Fsp3) is 0.357. The van der Waals surface area contributed by atoms with Crippen molar-refractivity contribution in [3.63, 3.8) is 0 Å². The van der Waals surface area contributed by atoms with Crippen molar-refractivity contribution in [3.05, 3.63) is 40.4 Å². The molecule has 0 aliphatic rings. The molecule has 0 saturated carbocycles. The van der Waals surface area contributed by atoms with Gasteiger partial charge < -0.3 is 10.2 Å². The number of hydrogen-bond acceptors (Lipinski definition) is 2. The molecule has 0 aliphatic carbocycles. The maximum atomic E-state index is 12.0. The molecular weight excluding hydrogens is 283 g/mol. The molecule has 0 bridgehead atoms. The average Bonchev–Trinajstić information content (AvgIpc) is 2.37. The van der Waals surface area contributed by atoms with Gasteiger partial charge in [-0.3, -0.25) is 4.79 Å². The number of carbonyl (C=O) groups is 1. The number of nitrogens with zero attached hydrogens (tertiary/aromatic N) is 1. The van der Waals surface area contributed by atoms with E-state index in [0.29, 0.717) is 28.8 Å². The maximum Gasteiger partial charge on any atom is 0.242 e. The number of anilines is 1. The highest BCUT2D eigenvalue weighted by Gasteiger charge is 2.12. The quantitative estimate of drug-likeness (QED) is 0.810. The van der Waals surface area contributed by atoms with Gasteiger partial charge in [-0.05, 0) is 26.0 Å². The summed E-state index contributed by atoms with van der Waals surface area (Å²) in [6.07, 6.45) is 0. The lowest BCUT2D eigenvalue weighted by Gasteiger charge is -2.21. The zero-order valence-corrected chi connectivity index (χ0v) is 12.7. The molecular formula is C14H18Cl2N2O. The van der Waals surface area contributed by atoms with Gasteiger partial charge in [0.05, 0.1) is 22.3 Å². The maximum absolute atomic E-state index is 12.0. The molecule has 19 heavy (non-hydrogen) atoms. The summed E-state index contributed by atoms with van der Waals surface area (Å²) in [5.41, 5.74) is 1.62. The first-order valence-corrected chi connectivity index (χ1v) is 6.81. The van der Waals surface area contributed by atoms with Gasteiger partial charge in [0.1, 0.15) is 0 Å². The van der Waals surface area contributed by atoms with Crippen molar-refractivity contribution in [1.82, 2.24) is 4.90 Å². The molecule has 1 N–H and O–H groups in total.